The lowest BCUT2D eigenvalue weighted by Gasteiger charge is -2.33. The number of aromatic nitrogens is 2. The highest BCUT2D eigenvalue weighted by atomic mass is 32.2. The van der Waals surface area contributed by atoms with Gasteiger partial charge in [0, 0.05) is 31.7 Å². The number of sulfonamides is 1. The molecular weight excluding hydrogens is 453 g/mol. The molecule has 0 unspecified atom stereocenters. The Morgan fingerprint density at radius 2 is 1.65 bits per heavy atom. The molecular formula is C19H17F3N4O3S2. The molecule has 164 valence electrons. The zero-order valence-electron chi connectivity index (χ0n) is 16.0. The Bertz CT molecular complexity index is 1250. The summed E-state index contributed by atoms with van der Waals surface area (Å²) in [5.41, 5.74) is 0.775. The second-order valence-corrected chi connectivity index (χ2v) is 9.13. The van der Waals surface area contributed by atoms with Crippen LogP contribution in [0.3, 0.4) is 0 Å². The predicted octanol–water partition coefficient (Wildman–Crippen LogP) is 3.25. The molecule has 0 aliphatic carbocycles. The van der Waals surface area contributed by atoms with Gasteiger partial charge in [0.15, 0.2) is 17.5 Å². The predicted molar refractivity (Wildman–Crippen MR) is 107 cm³/mol. The molecule has 0 saturated carbocycles. The molecule has 1 fully saturated rings. The van der Waals surface area contributed by atoms with Gasteiger partial charge in [-0.15, -0.1) is 5.10 Å². The van der Waals surface area contributed by atoms with E-state index in [1.54, 1.807) is 0 Å². The minimum absolute atomic E-state index is 0.0392. The maximum Gasteiger partial charge on any atom is 0.288 e. The Hall–Kier alpha value is -2.54. The summed E-state index contributed by atoms with van der Waals surface area (Å²) < 4.78 is 74.1. The van der Waals surface area contributed by atoms with Crippen LogP contribution in [0, 0.1) is 22.3 Å². The van der Waals surface area contributed by atoms with Gasteiger partial charge in [0.25, 0.3) is 4.84 Å². The molecule has 0 amide bonds. The van der Waals surface area contributed by atoms with E-state index in [0.717, 1.165) is 15.9 Å². The van der Waals surface area contributed by atoms with Crippen molar-refractivity contribution in [2.45, 2.75) is 11.6 Å². The number of nitrogens with zero attached hydrogens (tertiary/aromatic N) is 4. The molecule has 0 spiro atoms. The first-order valence-corrected chi connectivity index (χ1v) is 11.1. The second kappa shape index (κ2) is 8.54. The van der Waals surface area contributed by atoms with Crippen molar-refractivity contribution < 1.29 is 26.0 Å². The summed E-state index contributed by atoms with van der Waals surface area (Å²) in [6, 6.07) is 10.6. The van der Waals surface area contributed by atoms with Gasteiger partial charge in [0.2, 0.25) is 15.9 Å². The standard InChI is InChI=1S/C19H17F3N4O3S2/c20-14-6-7-15(17(22)16(14)21)31(27,28)25-10-8-24(9-11-25)12-26-19(30)29-18(23-26)13-4-2-1-3-5-13/h1-7H,8-12H2. The summed E-state index contributed by atoms with van der Waals surface area (Å²) >= 11 is 5.22. The number of benzene rings is 2. The summed E-state index contributed by atoms with van der Waals surface area (Å²) in [5.74, 6) is -4.60. The van der Waals surface area contributed by atoms with E-state index in [0.29, 0.717) is 25.0 Å². The molecule has 2 heterocycles. The lowest BCUT2D eigenvalue weighted by atomic mass is 10.2. The first kappa shape index (κ1) is 21.7. The highest BCUT2D eigenvalue weighted by molar-refractivity contribution is 7.89. The number of rotatable bonds is 5. The minimum Gasteiger partial charge on any atom is -0.409 e. The van der Waals surface area contributed by atoms with Crippen molar-refractivity contribution in [3.63, 3.8) is 0 Å². The molecule has 0 radical (unpaired) electrons. The van der Waals surface area contributed by atoms with Gasteiger partial charge in [-0.3, -0.25) is 4.90 Å². The number of halogens is 3. The van der Waals surface area contributed by atoms with E-state index in [-0.39, 0.29) is 24.6 Å². The minimum atomic E-state index is -4.30. The Labute approximate surface area is 181 Å². The van der Waals surface area contributed by atoms with Crippen LogP contribution in [0.4, 0.5) is 13.2 Å². The number of hydrogen-bond acceptors (Lipinski definition) is 6. The molecule has 3 aromatic rings. The third-order valence-corrected chi connectivity index (χ3v) is 7.12. The lowest BCUT2D eigenvalue weighted by Crippen LogP contribution is -2.49. The van der Waals surface area contributed by atoms with Crippen LogP contribution in [-0.2, 0) is 16.7 Å². The van der Waals surface area contributed by atoms with Crippen LogP contribution < -0.4 is 0 Å². The zero-order valence-corrected chi connectivity index (χ0v) is 17.7. The van der Waals surface area contributed by atoms with Gasteiger partial charge in [-0.1, -0.05) is 18.2 Å². The first-order chi connectivity index (χ1) is 14.8. The Morgan fingerprint density at radius 3 is 2.32 bits per heavy atom. The Morgan fingerprint density at radius 1 is 0.968 bits per heavy atom. The molecule has 0 atom stereocenters. The maximum atomic E-state index is 14.0. The summed E-state index contributed by atoms with van der Waals surface area (Å²) in [6.45, 7) is 0.969. The van der Waals surface area contributed by atoms with Crippen molar-refractivity contribution >= 4 is 22.2 Å². The van der Waals surface area contributed by atoms with E-state index >= 15 is 0 Å². The largest absolute Gasteiger partial charge is 0.409 e. The fourth-order valence-electron chi connectivity index (χ4n) is 3.24. The maximum absolute atomic E-state index is 14.0. The fourth-order valence-corrected chi connectivity index (χ4v) is 4.90. The Balaban J connectivity index is 1.44. The molecule has 7 nitrogen and oxygen atoms in total. The van der Waals surface area contributed by atoms with E-state index in [9.17, 15) is 21.6 Å². The van der Waals surface area contributed by atoms with E-state index in [1.807, 2.05) is 35.2 Å². The second-order valence-electron chi connectivity index (χ2n) is 6.88. The first-order valence-electron chi connectivity index (χ1n) is 9.27. The molecule has 12 heteroatoms. The molecule has 1 saturated heterocycles. The van der Waals surface area contributed by atoms with Gasteiger partial charge in [-0.25, -0.2) is 26.3 Å². The summed E-state index contributed by atoms with van der Waals surface area (Å²) in [7, 11) is -4.30. The van der Waals surface area contributed by atoms with Crippen LogP contribution in [0.5, 0.6) is 0 Å². The molecule has 0 bridgehead atoms. The van der Waals surface area contributed by atoms with Gasteiger partial charge in [-0.05, 0) is 36.5 Å². The van der Waals surface area contributed by atoms with E-state index in [4.69, 9.17) is 16.6 Å². The van der Waals surface area contributed by atoms with Crippen LogP contribution in [-0.4, -0.2) is 53.6 Å². The highest BCUT2D eigenvalue weighted by Crippen LogP contribution is 2.24. The molecule has 1 aliphatic heterocycles. The molecule has 1 aliphatic rings. The van der Waals surface area contributed by atoms with Crippen molar-refractivity contribution in [3.8, 4) is 11.5 Å². The van der Waals surface area contributed by atoms with Gasteiger partial charge in [-0.2, -0.15) is 4.31 Å². The summed E-state index contributed by atoms with van der Waals surface area (Å²) in [4.78, 5) is 1.20. The van der Waals surface area contributed by atoms with Gasteiger partial charge < -0.3 is 4.42 Å². The molecule has 4 rings (SSSR count). The monoisotopic (exact) mass is 470 g/mol. The average Bonchev–Trinajstić information content (AvgIpc) is 3.13. The van der Waals surface area contributed by atoms with Crippen LogP contribution in [0.25, 0.3) is 11.5 Å². The van der Waals surface area contributed by atoms with E-state index in [2.05, 4.69) is 5.10 Å². The molecule has 31 heavy (non-hydrogen) atoms. The SMILES string of the molecule is O=S(=O)(c1ccc(F)c(F)c1F)N1CCN(Cn2nc(-c3ccccc3)oc2=S)CC1. The third kappa shape index (κ3) is 4.28. The summed E-state index contributed by atoms with van der Waals surface area (Å²) in [6.07, 6.45) is 0. The summed E-state index contributed by atoms with van der Waals surface area (Å²) in [5, 5.41) is 4.36. The van der Waals surface area contributed by atoms with Crippen LogP contribution in [0.1, 0.15) is 0 Å². The molecule has 2 aromatic carbocycles. The van der Waals surface area contributed by atoms with Crippen molar-refractivity contribution in [2.75, 3.05) is 26.2 Å². The fraction of sp³-hybridized carbons (Fsp3) is 0.263. The quantitative estimate of drug-likeness (QED) is 0.421. The number of hydrogen-bond donors (Lipinski definition) is 0. The average molecular weight is 470 g/mol. The zero-order chi connectivity index (χ0) is 22.2. The van der Waals surface area contributed by atoms with Crippen molar-refractivity contribution in [1.29, 1.82) is 0 Å². The smallest absolute Gasteiger partial charge is 0.288 e. The van der Waals surface area contributed by atoms with Crippen molar-refractivity contribution in [3.05, 3.63) is 64.8 Å². The van der Waals surface area contributed by atoms with Gasteiger partial charge >= 0.3 is 0 Å². The van der Waals surface area contributed by atoms with Crippen molar-refractivity contribution in [2.24, 2.45) is 0 Å². The molecule has 0 N–H and O–H groups in total. The normalized spacial score (nSPS) is 16.0. The molecule has 1 aromatic heterocycles. The number of piperazine rings is 1. The van der Waals surface area contributed by atoms with E-state index in [1.165, 1.54) is 4.68 Å². The van der Waals surface area contributed by atoms with Crippen LogP contribution >= 0.6 is 12.2 Å². The van der Waals surface area contributed by atoms with Crippen LogP contribution in [0.2, 0.25) is 0 Å². The third-order valence-electron chi connectivity index (χ3n) is 4.91. The van der Waals surface area contributed by atoms with Crippen LogP contribution in [0.15, 0.2) is 51.8 Å². The van der Waals surface area contributed by atoms with Gasteiger partial charge in [0.05, 0.1) is 6.67 Å². The lowest BCUT2D eigenvalue weighted by molar-refractivity contribution is 0.143. The highest BCUT2D eigenvalue weighted by Gasteiger charge is 2.32. The van der Waals surface area contributed by atoms with E-state index < -0.39 is 32.4 Å². The topological polar surface area (TPSA) is 71.6 Å². The van der Waals surface area contributed by atoms with Crippen molar-refractivity contribution in [1.82, 2.24) is 19.0 Å². The Kier molecular flexibility index (Phi) is 5.97. The van der Waals surface area contributed by atoms with Gasteiger partial charge in [0.1, 0.15) is 4.90 Å².